The van der Waals surface area contributed by atoms with Crippen LogP contribution in [0.3, 0.4) is 0 Å². The number of benzene rings is 1. The van der Waals surface area contributed by atoms with E-state index in [4.69, 9.17) is 4.74 Å². The van der Waals surface area contributed by atoms with Crippen LogP contribution in [0.5, 0.6) is 5.75 Å². The summed E-state index contributed by atoms with van der Waals surface area (Å²) in [5.74, 6) is 0.756. The summed E-state index contributed by atoms with van der Waals surface area (Å²) in [6.45, 7) is 0.725. The molecule has 6 nitrogen and oxygen atoms in total. The average Bonchev–Trinajstić information content (AvgIpc) is 2.94. The Morgan fingerprint density at radius 1 is 1.30 bits per heavy atom. The second kappa shape index (κ2) is 6.72. The number of nitrogens with zero attached hydrogens (tertiary/aromatic N) is 2. The van der Waals surface area contributed by atoms with Gasteiger partial charge in [-0.15, -0.1) is 0 Å². The zero-order valence-electron chi connectivity index (χ0n) is 11.6. The summed E-state index contributed by atoms with van der Waals surface area (Å²) in [6.07, 6.45) is 1.86. The first kappa shape index (κ1) is 14.1. The molecule has 0 saturated heterocycles. The number of amides is 1. The largest absolute Gasteiger partial charge is 0.497 e. The van der Waals surface area contributed by atoms with Gasteiger partial charge in [0.25, 0.3) is 0 Å². The Bertz CT molecular complexity index is 563. The average molecular weight is 274 g/mol. The van der Waals surface area contributed by atoms with E-state index in [0.717, 1.165) is 17.1 Å². The second-order valence-electron chi connectivity index (χ2n) is 4.26. The Morgan fingerprint density at radius 2 is 2.05 bits per heavy atom. The molecule has 2 N–H and O–H groups in total. The van der Waals surface area contributed by atoms with Gasteiger partial charge < -0.3 is 15.4 Å². The highest BCUT2D eigenvalue weighted by Crippen LogP contribution is 2.14. The van der Waals surface area contributed by atoms with E-state index in [1.165, 1.54) is 0 Å². The molecule has 2 rings (SSSR count). The highest BCUT2D eigenvalue weighted by atomic mass is 16.5. The summed E-state index contributed by atoms with van der Waals surface area (Å²) in [4.78, 5) is 11.3. The lowest BCUT2D eigenvalue weighted by Gasteiger charge is -2.04. The van der Waals surface area contributed by atoms with E-state index in [-0.39, 0.29) is 5.91 Å². The summed E-state index contributed by atoms with van der Waals surface area (Å²) < 4.78 is 6.88. The number of hydrogen-bond donors (Lipinski definition) is 2. The third kappa shape index (κ3) is 3.58. The smallest absolute Gasteiger partial charge is 0.234 e. The molecule has 106 valence electrons. The molecule has 1 amide bonds. The van der Waals surface area contributed by atoms with E-state index in [1.807, 2.05) is 36.5 Å². The van der Waals surface area contributed by atoms with Crippen LogP contribution in [0.25, 0.3) is 5.69 Å². The Hall–Kier alpha value is -2.34. The van der Waals surface area contributed by atoms with Crippen LogP contribution in [0, 0.1) is 0 Å². The number of rotatable bonds is 6. The topological polar surface area (TPSA) is 68.2 Å². The van der Waals surface area contributed by atoms with Gasteiger partial charge in [0.2, 0.25) is 5.91 Å². The number of aromatic nitrogens is 2. The summed E-state index contributed by atoms with van der Waals surface area (Å²) in [7, 11) is 3.37. The third-order valence-electron chi connectivity index (χ3n) is 2.79. The standard InChI is InChI=1S/C14H18N4O2/c1-15-10-14(19)16-9-11-7-8-18(17-11)12-3-5-13(20-2)6-4-12/h3-8,15H,9-10H2,1-2H3,(H,16,19). The van der Waals surface area contributed by atoms with E-state index in [1.54, 1.807) is 18.8 Å². The van der Waals surface area contributed by atoms with Crippen molar-refractivity contribution in [1.82, 2.24) is 20.4 Å². The van der Waals surface area contributed by atoms with Crippen molar-refractivity contribution in [2.24, 2.45) is 0 Å². The molecular weight excluding hydrogens is 256 g/mol. The quantitative estimate of drug-likeness (QED) is 0.814. The lowest BCUT2D eigenvalue weighted by molar-refractivity contribution is -0.120. The molecule has 0 bridgehead atoms. The van der Waals surface area contributed by atoms with Crippen molar-refractivity contribution in [2.45, 2.75) is 6.54 Å². The first-order valence-electron chi connectivity index (χ1n) is 6.33. The van der Waals surface area contributed by atoms with Gasteiger partial charge in [-0.1, -0.05) is 0 Å². The molecule has 1 heterocycles. The Morgan fingerprint density at radius 3 is 2.70 bits per heavy atom. The number of ether oxygens (including phenoxy) is 1. The van der Waals surface area contributed by atoms with Crippen LogP contribution in [0.15, 0.2) is 36.5 Å². The maximum atomic E-state index is 11.3. The molecule has 0 spiro atoms. The molecule has 0 saturated carbocycles. The number of likely N-dealkylation sites (N-methyl/N-ethyl adjacent to an activating group) is 1. The monoisotopic (exact) mass is 274 g/mol. The van der Waals surface area contributed by atoms with Crippen molar-refractivity contribution < 1.29 is 9.53 Å². The maximum absolute atomic E-state index is 11.3. The zero-order chi connectivity index (χ0) is 14.4. The van der Waals surface area contributed by atoms with Crippen LogP contribution < -0.4 is 15.4 Å². The highest BCUT2D eigenvalue weighted by Gasteiger charge is 2.04. The number of nitrogens with one attached hydrogen (secondary N) is 2. The Kier molecular flexibility index (Phi) is 4.73. The number of carbonyl (C=O) groups is 1. The van der Waals surface area contributed by atoms with Gasteiger partial charge in [0, 0.05) is 6.20 Å². The van der Waals surface area contributed by atoms with Gasteiger partial charge in [0.05, 0.1) is 31.6 Å². The molecule has 0 aliphatic carbocycles. The predicted molar refractivity (Wildman–Crippen MR) is 75.9 cm³/mol. The molecule has 20 heavy (non-hydrogen) atoms. The van der Waals surface area contributed by atoms with Crippen molar-refractivity contribution in [2.75, 3.05) is 20.7 Å². The van der Waals surface area contributed by atoms with Crippen molar-refractivity contribution in [3.63, 3.8) is 0 Å². The minimum atomic E-state index is -0.0495. The van der Waals surface area contributed by atoms with Gasteiger partial charge in [-0.05, 0) is 37.4 Å². The molecule has 0 unspecified atom stereocenters. The van der Waals surface area contributed by atoms with Crippen molar-refractivity contribution >= 4 is 5.91 Å². The van der Waals surface area contributed by atoms with Gasteiger partial charge in [-0.25, -0.2) is 4.68 Å². The molecule has 0 radical (unpaired) electrons. The molecule has 2 aromatic rings. The van der Waals surface area contributed by atoms with Crippen molar-refractivity contribution in [1.29, 1.82) is 0 Å². The van der Waals surface area contributed by atoms with Crippen LogP contribution in [0.2, 0.25) is 0 Å². The van der Waals surface area contributed by atoms with Crippen LogP contribution in [-0.2, 0) is 11.3 Å². The SMILES string of the molecule is CNCC(=O)NCc1ccn(-c2ccc(OC)cc2)n1. The van der Waals surface area contributed by atoms with E-state index in [0.29, 0.717) is 13.1 Å². The summed E-state index contributed by atoms with van der Waals surface area (Å²) in [6, 6.07) is 9.49. The lowest BCUT2D eigenvalue weighted by Crippen LogP contribution is -2.31. The van der Waals surface area contributed by atoms with Gasteiger partial charge in [0.1, 0.15) is 5.75 Å². The first-order valence-corrected chi connectivity index (χ1v) is 6.33. The van der Waals surface area contributed by atoms with Crippen molar-refractivity contribution in [3.05, 3.63) is 42.2 Å². The predicted octanol–water partition coefficient (Wildman–Crippen LogP) is 0.716. The van der Waals surface area contributed by atoms with Gasteiger partial charge in [-0.2, -0.15) is 5.10 Å². The summed E-state index contributed by atoms with van der Waals surface area (Å²) >= 11 is 0. The minimum absolute atomic E-state index is 0.0495. The van der Waals surface area contributed by atoms with Gasteiger partial charge >= 0.3 is 0 Å². The molecule has 0 aliphatic rings. The summed E-state index contributed by atoms with van der Waals surface area (Å²) in [5.41, 5.74) is 1.75. The fraction of sp³-hybridized carbons (Fsp3) is 0.286. The van der Waals surface area contributed by atoms with Crippen LogP contribution in [0.1, 0.15) is 5.69 Å². The molecule has 1 aromatic heterocycles. The number of methoxy groups -OCH3 is 1. The number of carbonyl (C=O) groups excluding carboxylic acids is 1. The van der Waals surface area contributed by atoms with Crippen molar-refractivity contribution in [3.8, 4) is 11.4 Å². The van der Waals surface area contributed by atoms with E-state index >= 15 is 0 Å². The molecule has 0 fully saturated rings. The zero-order valence-corrected chi connectivity index (χ0v) is 11.6. The van der Waals surface area contributed by atoms with E-state index in [9.17, 15) is 4.79 Å². The fourth-order valence-corrected chi connectivity index (χ4v) is 1.75. The second-order valence-corrected chi connectivity index (χ2v) is 4.26. The Balaban J connectivity index is 1.99. The van der Waals surface area contributed by atoms with E-state index < -0.39 is 0 Å². The molecule has 0 aliphatic heterocycles. The fourth-order valence-electron chi connectivity index (χ4n) is 1.75. The highest BCUT2D eigenvalue weighted by molar-refractivity contribution is 5.77. The summed E-state index contributed by atoms with van der Waals surface area (Å²) in [5, 5.41) is 9.99. The van der Waals surface area contributed by atoms with Gasteiger partial charge in [0.15, 0.2) is 0 Å². The normalized spacial score (nSPS) is 10.3. The van der Waals surface area contributed by atoms with Crippen LogP contribution >= 0.6 is 0 Å². The van der Waals surface area contributed by atoms with E-state index in [2.05, 4.69) is 15.7 Å². The third-order valence-corrected chi connectivity index (χ3v) is 2.79. The lowest BCUT2D eigenvalue weighted by atomic mass is 10.3. The minimum Gasteiger partial charge on any atom is -0.497 e. The molecule has 1 aromatic carbocycles. The van der Waals surface area contributed by atoms with Gasteiger partial charge in [-0.3, -0.25) is 4.79 Å². The molecule has 6 heteroatoms. The number of hydrogen-bond acceptors (Lipinski definition) is 4. The van der Waals surface area contributed by atoms with Crippen LogP contribution in [0.4, 0.5) is 0 Å². The molecular formula is C14H18N4O2. The Labute approximate surface area is 117 Å². The first-order chi connectivity index (χ1) is 9.72. The van der Waals surface area contributed by atoms with Crippen LogP contribution in [-0.4, -0.2) is 36.4 Å². The molecule has 0 atom stereocenters. The maximum Gasteiger partial charge on any atom is 0.234 e.